The van der Waals surface area contributed by atoms with Gasteiger partial charge >= 0.3 is 6.18 Å². The number of ether oxygens (including phenoxy) is 1. The highest BCUT2D eigenvalue weighted by molar-refractivity contribution is 5.83. The fourth-order valence-corrected chi connectivity index (χ4v) is 2.47. The van der Waals surface area contributed by atoms with Crippen molar-refractivity contribution in [3.63, 3.8) is 0 Å². The van der Waals surface area contributed by atoms with Gasteiger partial charge < -0.3 is 4.74 Å². The zero-order valence-electron chi connectivity index (χ0n) is 12.2. The van der Waals surface area contributed by atoms with E-state index in [0.717, 1.165) is 4.52 Å². The van der Waals surface area contributed by atoms with E-state index in [4.69, 9.17) is 4.74 Å². The van der Waals surface area contributed by atoms with Gasteiger partial charge in [0, 0.05) is 17.3 Å². The largest absolute Gasteiger partial charge is 0.496 e. The average molecular weight is 323 g/mol. The summed E-state index contributed by atoms with van der Waals surface area (Å²) in [4.78, 5) is 15.6. The number of H-pyrrole nitrogens is 1. The Labute approximate surface area is 128 Å². The lowest BCUT2D eigenvalue weighted by atomic mass is 10.1. The van der Waals surface area contributed by atoms with Gasteiger partial charge in [-0.05, 0) is 13.0 Å². The number of fused-ring (bicyclic) bond motifs is 1. The van der Waals surface area contributed by atoms with E-state index >= 15 is 0 Å². The van der Waals surface area contributed by atoms with Crippen molar-refractivity contribution in [3.8, 4) is 16.9 Å². The highest BCUT2D eigenvalue weighted by atomic mass is 19.4. The van der Waals surface area contributed by atoms with Gasteiger partial charge in [-0.15, -0.1) is 0 Å². The second-order valence-electron chi connectivity index (χ2n) is 4.95. The molecule has 0 saturated carbocycles. The van der Waals surface area contributed by atoms with Crippen LogP contribution in [-0.2, 0) is 6.18 Å². The predicted molar refractivity (Wildman–Crippen MR) is 77.5 cm³/mol. The Morgan fingerprint density at radius 2 is 1.96 bits per heavy atom. The van der Waals surface area contributed by atoms with Gasteiger partial charge in [0.15, 0.2) is 11.3 Å². The minimum Gasteiger partial charge on any atom is -0.496 e. The van der Waals surface area contributed by atoms with Crippen LogP contribution in [0.5, 0.6) is 5.75 Å². The molecule has 0 spiro atoms. The SMILES string of the molecule is COc1ccccc1-c1c(C)[nH]n2c(=O)cc(C(F)(F)F)nc12. The minimum absolute atomic E-state index is 0.0909. The molecule has 0 saturated heterocycles. The lowest BCUT2D eigenvalue weighted by Crippen LogP contribution is -2.20. The van der Waals surface area contributed by atoms with Crippen molar-refractivity contribution in [3.05, 3.63) is 52.1 Å². The van der Waals surface area contributed by atoms with Gasteiger partial charge in [-0.3, -0.25) is 9.89 Å². The van der Waals surface area contributed by atoms with Crippen molar-refractivity contribution in [2.75, 3.05) is 7.11 Å². The molecule has 0 aliphatic heterocycles. The predicted octanol–water partition coefficient (Wildman–Crippen LogP) is 3.03. The van der Waals surface area contributed by atoms with Crippen LogP contribution in [0.1, 0.15) is 11.4 Å². The Bertz CT molecular complexity index is 941. The van der Waals surface area contributed by atoms with Crippen LogP contribution in [0.2, 0.25) is 0 Å². The van der Waals surface area contributed by atoms with Gasteiger partial charge in [0.2, 0.25) is 0 Å². The van der Waals surface area contributed by atoms with Crippen molar-refractivity contribution in [1.82, 2.24) is 14.6 Å². The fourth-order valence-electron chi connectivity index (χ4n) is 2.47. The molecule has 0 aliphatic carbocycles. The first-order valence-electron chi connectivity index (χ1n) is 6.66. The van der Waals surface area contributed by atoms with Crippen LogP contribution in [0.15, 0.2) is 35.1 Å². The Morgan fingerprint density at radius 1 is 1.26 bits per heavy atom. The Morgan fingerprint density at radius 3 is 2.61 bits per heavy atom. The van der Waals surface area contributed by atoms with Gasteiger partial charge in [-0.2, -0.15) is 13.2 Å². The molecule has 5 nitrogen and oxygen atoms in total. The number of alkyl halides is 3. The molecule has 3 aromatic rings. The van der Waals surface area contributed by atoms with Gasteiger partial charge in [0.25, 0.3) is 5.56 Å². The molecule has 0 aliphatic rings. The van der Waals surface area contributed by atoms with Crippen LogP contribution in [0.4, 0.5) is 13.2 Å². The third-order valence-corrected chi connectivity index (χ3v) is 3.46. The summed E-state index contributed by atoms with van der Waals surface area (Å²) in [6.45, 7) is 1.66. The average Bonchev–Trinajstić information content (AvgIpc) is 2.83. The number of benzene rings is 1. The van der Waals surface area contributed by atoms with E-state index in [0.29, 0.717) is 28.6 Å². The quantitative estimate of drug-likeness (QED) is 0.788. The van der Waals surface area contributed by atoms with E-state index in [-0.39, 0.29) is 5.65 Å². The van der Waals surface area contributed by atoms with Crippen molar-refractivity contribution < 1.29 is 17.9 Å². The van der Waals surface area contributed by atoms with Gasteiger partial charge in [-0.25, -0.2) is 9.50 Å². The lowest BCUT2D eigenvalue weighted by molar-refractivity contribution is -0.141. The van der Waals surface area contributed by atoms with E-state index in [1.807, 2.05) is 0 Å². The van der Waals surface area contributed by atoms with Crippen LogP contribution in [0.25, 0.3) is 16.8 Å². The number of methoxy groups -OCH3 is 1. The Hall–Kier alpha value is -2.77. The number of nitrogens with one attached hydrogen (secondary N) is 1. The first kappa shape index (κ1) is 15.1. The molecular weight excluding hydrogens is 311 g/mol. The minimum atomic E-state index is -4.70. The monoisotopic (exact) mass is 323 g/mol. The third-order valence-electron chi connectivity index (χ3n) is 3.46. The van der Waals surface area contributed by atoms with Crippen molar-refractivity contribution >= 4 is 5.65 Å². The molecule has 0 unspecified atom stereocenters. The summed E-state index contributed by atoms with van der Waals surface area (Å²) in [6.07, 6.45) is -4.70. The number of aromatic nitrogens is 3. The van der Waals surface area contributed by atoms with E-state index in [9.17, 15) is 18.0 Å². The smallest absolute Gasteiger partial charge is 0.433 e. The lowest BCUT2D eigenvalue weighted by Gasteiger charge is -2.09. The summed E-state index contributed by atoms with van der Waals surface area (Å²) in [5, 5.41) is 2.74. The molecule has 8 heteroatoms. The molecule has 0 atom stereocenters. The molecule has 0 fully saturated rings. The molecular formula is C15H12F3N3O2. The van der Waals surface area contributed by atoms with Gasteiger partial charge in [0.1, 0.15) is 5.75 Å². The molecule has 0 bridgehead atoms. The summed E-state index contributed by atoms with van der Waals surface area (Å²) in [5.74, 6) is 0.476. The Kier molecular flexibility index (Phi) is 3.39. The second kappa shape index (κ2) is 5.15. The first-order valence-corrected chi connectivity index (χ1v) is 6.66. The maximum Gasteiger partial charge on any atom is 0.433 e. The van der Waals surface area contributed by atoms with Crippen LogP contribution >= 0.6 is 0 Å². The normalized spacial score (nSPS) is 11.9. The maximum atomic E-state index is 12.9. The van der Waals surface area contributed by atoms with Crippen LogP contribution < -0.4 is 10.3 Å². The Balaban J connectivity index is 2.40. The summed E-state index contributed by atoms with van der Waals surface area (Å²) in [6, 6.07) is 7.32. The summed E-state index contributed by atoms with van der Waals surface area (Å²) in [5.41, 5.74) is -0.683. The van der Waals surface area contributed by atoms with Crippen LogP contribution in [0.3, 0.4) is 0 Å². The molecule has 23 heavy (non-hydrogen) atoms. The van der Waals surface area contributed by atoms with Gasteiger partial charge in [-0.1, -0.05) is 18.2 Å². The molecule has 2 aromatic heterocycles. The van der Waals surface area contributed by atoms with Gasteiger partial charge in [0.05, 0.1) is 12.7 Å². The number of aryl methyl sites for hydroxylation is 1. The summed E-state index contributed by atoms with van der Waals surface area (Å²) < 4.78 is 45.1. The number of hydrogen-bond donors (Lipinski definition) is 1. The van der Waals surface area contributed by atoms with Crippen molar-refractivity contribution in [1.29, 1.82) is 0 Å². The third kappa shape index (κ3) is 2.45. The highest BCUT2D eigenvalue weighted by Gasteiger charge is 2.34. The number of halogens is 3. The highest BCUT2D eigenvalue weighted by Crippen LogP contribution is 2.35. The van der Waals surface area contributed by atoms with E-state index in [1.54, 1.807) is 31.2 Å². The zero-order chi connectivity index (χ0) is 16.8. The number of aromatic amines is 1. The fraction of sp³-hybridized carbons (Fsp3) is 0.200. The van der Waals surface area contributed by atoms with E-state index in [2.05, 4.69) is 10.1 Å². The standard InChI is InChI=1S/C15H12F3N3O2/c1-8-13(9-5-3-4-6-10(9)23-2)14-19-11(15(16,17)18)7-12(22)21(14)20-8/h3-7,20H,1-2H3. The first-order chi connectivity index (χ1) is 10.8. The summed E-state index contributed by atoms with van der Waals surface area (Å²) in [7, 11) is 1.46. The molecule has 2 heterocycles. The van der Waals surface area contributed by atoms with Crippen molar-refractivity contribution in [2.24, 2.45) is 0 Å². The maximum absolute atomic E-state index is 12.9. The van der Waals surface area contributed by atoms with E-state index in [1.165, 1.54) is 7.11 Å². The van der Waals surface area contributed by atoms with E-state index < -0.39 is 17.4 Å². The topological polar surface area (TPSA) is 59.4 Å². The van der Waals surface area contributed by atoms with Crippen LogP contribution in [0, 0.1) is 6.92 Å². The number of rotatable bonds is 2. The molecule has 3 rings (SSSR count). The molecule has 120 valence electrons. The molecule has 1 N–H and O–H groups in total. The second-order valence-corrected chi connectivity index (χ2v) is 4.95. The van der Waals surface area contributed by atoms with Crippen LogP contribution in [-0.4, -0.2) is 21.7 Å². The number of hydrogen-bond acceptors (Lipinski definition) is 3. The molecule has 0 amide bonds. The zero-order valence-corrected chi connectivity index (χ0v) is 12.2. The summed E-state index contributed by atoms with van der Waals surface area (Å²) >= 11 is 0. The van der Waals surface area contributed by atoms with Crippen molar-refractivity contribution in [2.45, 2.75) is 13.1 Å². The number of nitrogens with zero attached hydrogens (tertiary/aromatic N) is 2. The molecule has 0 radical (unpaired) electrons. The molecule has 1 aromatic carbocycles. The number of para-hydroxylation sites is 1.